The lowest BCUT2D eigenvalue weighted by Gasteiger charge is -2.08. The van der Waals surface area contributed by atoms with Crippen molar-refractivity contribution in [3.63, 3.8) is 0 Å². The van der Waals surface area contributed by atoms with Crippen LogP contribution >= 0.6 is 0 Å². The third kappa shape index (κ3) is 2.48. The largest absolute Gasteiger partial charge is 0.287 e. The van der Waals surface area contributed by atoms with Gasteiger partial charge in [0.2, 0.25) is 0 Å². The molecule has 0 aromatic heterocycles. The molecule has 2 aliphatic heterocycles. The van der Waals surface area contributed by atoms with Crippen molar-refractivity contribution in [3.8, 4) is 17.2 Å². The Morgan fingerprint density at radius 1 is 0.808 bits per heavy atom. The van der Waals surface area contributed by atoms with E-state index in [1.54, 1.807) is 0 Å². The normalized spacial score (nSPS) is 20.3. The second-order valence-electron chi connectivity index (χ2n) is 6.66. The molecule has 0 aliphatic carbocycles. The molecule has 3 aromatic carbocycles. The van der Waals surface area contributed by atoms with Crippen molar-refractivity contribution in [1.29, 1.82) is 5.26 Å². The minimum atomic E-state index is 0.316. The number of benzene rings is 3. The van der Waals surface area contributed by atoms with E-state index in [2.05, 4.69) is 82.8 Å². The van der Waals surface area contributed by atoms with E-state index in [0.29, 0.717) is 11.6 Å². The second kappa shape index (κ2) is 5.87. The molecule has 1 fully saturated rings. The van der Waals surface area contributed by atoms with Crippen LogP contribution in [0.4, 0.5) is 0 Å². The first-order valence-electron chi connectivity index (χ1n) is 8.75. The molecule has 2 aliphatic rings. The van der Waals surface area contributed by atoms with Crippen molar-refractivity contribution in [1.82, 2.24) is 10.0 Å². The van der Waals surface area contributed by atoms with Crippen LogP contribution in [0, 0.1) is 11.3 Å². The lowest BCUT2D eigenvalue weighted by atomic mass is 9.99. The van der Waals surface area contributed by atoms with Crippen molar-refractivity contribution in [3.05, 3.63) is 102 Å². The van der Waals surface area contributed by atoms with Crippen molar-refractivity contribution < 1.29 is 0 Å². The zero-order valence-corrected chi connectivity index (χ0v) is 14.2. The third-order valence-corrected chi connectivity index (χ3v) is 5.04. The molecule has 3 aromatic rings. The number of nitrogens with zero attached hydrogens (tertiary/aromatic N) is 3. The summed E-state index contributed by atoms with van der Waals surface area (Å²) in [5, 5.41) is 13.8. The number of rotatable bonds is 3. The van der Waals surface area contributed by atoms with E-state index in [4.69, 9.17) is 5.26 Å². The Hall–Kier alpha value is -3.35. The number of nitriles is 1. The van der Waals surface area contributed by atoms with Gasteiger partial charge in [0, 0.05) is 0 Å². The van der Waals surface area contributed by atoms with E-state index in [-0.39, 0.29) is 0 Å². The van der Waals surface area contributed by atoms with Crippen LogP contribution in [0.5, 0.6) is 0 Å². The first-order valence-corrected chi connectivity index (χ1v) is 8.75. The van der Waals surface area contributed by atoms with Crippen molar-refractivity contribution in [2.75, 3.05) is 6.67 Å². The molecule has 0 N–H and O–H groups in total. The average molecular weight is 335 g/mol. The molecule has 0 amide bonds. The van der Waals surface area contributed by atoms with Gasteiger partial charge in [0.15, 0.2) is 0 Å². The van der Waals surface area contributed by atoms with Gasteiger partial charge in [0.1, 0.15) is 6.67 Å². The standard InChI is InChI=1S/C23H17N3/c24-15-17-6-4-9-19(12-17)20-10-5-11-21(13-20)23-14-22(25-16-26(23)25)18-7-2-1-3-8-18/h1-14,22H,16H2. The van der Waals surface area contributed by atoms with Crippen LogP contribution in [-0.2, 0) is 0 Å². The van der Waals surface area contributed by atoms with E-state index in [1.165, 1.54) is 16.8 Å². The van der Waals surface area contributed by atoms with Gasteiger partial charge in [-0.3, -0.25) is 5.01 Å². The summed E-state index contributed by atoms with van der Waals surface area (Å²) >= 11 is 0. The predicted molar refractivity (Wildman–Crippen MR) is 102 cm³/mol. The molecule has 3 nitrogen and oxygen atoms in total. The van der Waals surface area contributed by atoms with Gasteiger partial charge in [-0.05, 0) is 46.5 Å². The molecule has 124 valence electrons. The van der Waals surface area contributed by atoms with Crippen LogP contribution in [0.2, 0.25) is 0 Å². The topological polar surface area (TPSA) is 29.8 Å². The van der Waals surface area contributed by atoms with Crippen molar-refractivity contribution in [2.24, 2.45) is 0 Å². The fourth-order valence-corrected chi connectivity index (χ4v) is 3.67. The van der Waals surface area contributed by atoms with Crippen LogP contribution < -0.4 is 0 Å². The van der Waals surface area contributed by atoms with Gasteiger partial charge < -0.3 is 0 Å². The summed E-state index contributed by atoms with van der Waals surface area (Å²) in [5.41, 5.74) is 6.70. The molecule has 2 heterocycles. The number of hydrazine groups is 1. The fraction of sp³-hybridized carbons (Fsp3) is 0.0870. The fourth-order valence-electron chi connectivity index (χ4n) is 3.67. The Labute approximate surface area is 153 Å². The van der Waals surface area contributed by atoms with Gasteiger partial charge >= 0.3 is 0 Å². The van der Waals surface area contributed by atoms with E-state index in [1.807, 2.05) is 18.2 Å². The van der Waals surface area contributed by atoms with E-state index in [0.717, 1.165) is 17.8 Å². The van der Waals surface area contributed by atoms with Gasteiger partial charge in [-0.2, -0.15) is 10.3 Å². The highest BCUT2D eigenvalue weighted by Crippen LogP contribution is 2.46. The highest BCUT2D eigenvalue weighted by Gasteiger charge is 2.45. The molecule has 2 atom stereocenters. The molecule has 0 radical (unpaired) electrons. The maximum atomic E-state index is 9.14. The summed E-state index contributed by atoms with van der Waals surface area (Å²) in [6.07, 6.45) is 2.34. The molecular formula is C23H17N3. The van der Waals surface area contributed by atoms with Gasteiger partial charge in [-0.25, -0.2) is 0 Å². The Bertz CT molecular complexity index is 1050. The number of hydrogen-bond donors (Lipinski definition) is 0. The van der Waals surface area contributed by atoms with Crippen LogP contribution in [0.25, 0.3) is 16.8 Å². The average Bonchev–Trinajstić information content (AvgIpc) is 3.42. The van der Waals surface area contributed by atoms with Crippen LogP contribution in [0.15, 0.2) is 84.9 Å². The first kappa shape index (κ1) is 14.9. The molecular weight excluding hydrogens is 318 g/mol. The van der Waals surface area contributed by atoms with Crippen LogP contribution in [-0.4, -0.2) is 16.7 Å². The minimum Gasteiger partial charge on any atom is -0.287 e. The number of hydrogen-bond acceptors (Lipinski definition) is 3. The second-order valence-corrected chi connectivity index (χ2v) is 6.66. The summed E-state index contributed by atoms with van der Waals surface area (Å²) in [7, 11) is 0. The Balaban J connectivity index is 1.51. The Kier molecular flexibility index (Phi) is 3.38. The highest BCUT2D eigenvalue weighted by atomic mass is 15.8. The van der Waals surface area contributed by atoms with Crippen molar-refractivity contribution >= 4 is 5.70 Å². The lowest BCUT2D eigenvalue weighted by Crippen LogP contribution is -2.04. The van der Waals surface area contributed by atoms with Crippen molar-refractivity contribution in [2.45, 2.75) is 6.04 Å². The van der Waals surface area contributed by atoms with Crippen LogP contribution in [0.1, 0.15) is 22.7 Å². The zero-order valence-electron chi connectivity index (χ0n) is 14.2. The maximum absolute atomic E-state index is 9.14. The van der Waals surface area contributed by atoms with Gasteiger partial charge in [0.05, 0.1) is 23.4 Å². The van der Waals surface area contributed by atoms with E-state index in [9.17, 15) is 0 Å². The highest BCUT2D eigenvalue weighted by molar-refractivity contribution is 5.74. The predicted octanol–water partition coefficient (Wildman–Crippen LogP) is 4.81. The Morgan fingerprint density at radius 2 is 1.54 bits per heavy atom. The smallest absolute Gasteiger partial charge is 0.106 e. The monoisotopic (exact) mass is 335 g/mol. The van der Waals surface area contributed by atoms with Crippen LogP contribution in [0.3, 0.4) is 0 Å². The number of fused-ring (bicyclic) bond motifs is 1. The van der Waals surface area contributed by atoms with E-state index < -0.39 is 0 Å². The molecule has 0 bridgehead atoms. The summed E-state index contributed by atoms with van der Waals surface area (Å²) in [6.45, 7) is 0.972. The quantitative estimate of drug-likeness (QED) is 0.643. The third-order valence-electron chi connectivity index (χ3n) is 5.04. The van der Waals surface area contributed by atoms with Gasteiger partial charge in [0.25, 0.3) is 0 Å². The molecule has 3 heteroatoms. The zero-order chi connectivity index (χ0) is 17.5. The van der Waals surface area contributed by atoms with Gasteiger partial charge in [-0.15, -0.1) is 0 Å². The molecule has 26 heavy (non-hydrogen) atoms. The van der Waals surface area contributed by atoms with E-state index >= 15 is 0 Å². The first-order chi connectivity index (χ1) is 12.8. The molecule has 5 rings (SSSR count). The molecule has 2 unspecified atom stereocenters. The summed E-state index contributed by atoms with van der Waals surface area (Å²) in [6, 6.07) is 29.5. The maximum Gasteiger partial charge on any atom is 0.106 e. The molecule has 0 spiro atoms. The summed E-state index contributed by atoms with van der Waals surface area (Å²) < 4.78 is 0. The molecule has 0 saturated carbocycles. The summed E-state index contributed by atoms with van der Waals surface area (Å²) in [5.74, 6) is 0. The Morgan fingerprint density at radius 3 is 2.35 bits per heavy atom. The SMILES string of the molecule is N#Cc1cccc(-c2cccc(C3=CC(c4ccccc4)N4CN34)c2)c1. The minimum absolute atomic E-state index is 0.316. The van der Waals surface area contributed by atoms with Gasteiger partial charge in [-0.1, -0.05) is 60.7 Å². The molecule has 1 saturated heterocycles. The summed E-state index contributed by atoms with van der Waals surface area (Å²) in [4.78, 5) is 0. The lowest BCUT2D eigenvalue weighted by molar-refractivity contribution is 0.371.